The van der Waals surface area contributed by atoms with Gasteiger partial charge in [0.1, 0.15) is 30.1 Å². The molecule has 6 amide bonds. The number of anilines is 2. The summed E-state index contributed by atoms with van der Waals surface area (Å²) in [7, 11) is 0. The number of benzene rings is 2. The van der Waals surface area contributed by atoms with Gasteiger partial charge in [-0.1, -0.05) is 18.9 Å². The lowest BCUT2D eigenvalue weighted by Gasteiger charge is -2.38. The van der Waals surface area contributed by atoms with Gasteiger partial charge in [-0.15, -0.1) is 0 Å². The third-order valence-electron chi connectivity index (χ3n) is 11.8. The zero-order chi connectivity index (χ0) is 48.9. The van der Waals surface area contributed by atoms with Crippen molar-refractivity contribution in [2.45, 2.75) is 81.8 Å². The van der Waals surface area contributed by atoms with Crippen LogP contribution in [0, 0.1) is 5.92 Å². The molecule has 6 atom stereocenters. The van der Waals surface area contributed by atoms with Crippen LogP contribution in [0.2, 0.25) is 0 Å². The Morgan fingerprint density at radius 1 is 0.912 bits per heavy atom. The van der Waals surface area contributed by atoms with Crippen molar-refractivity contribution in [3.05, 3.63) is 102 Å². The number of rotatable bonds is 20. The second kappa shape index (κ2) is 23.6. The molecule has 0 unspecified atom stereocenters. The Bertz CT molecular complexity index is 2390. The van der Waals surface area contributed by atoms with E-state index in [1.54, 1.807) is 60.9 Å². The summed E-state index contributed by atoms with van der Waals surface area (Å²) < 4.78 is 12.9. The summed E-state index contributed by atoms with van der Waals surface area (Å²) in [6, 6.07) is 13.9. The first-order valence-corrected chi connectivity index (χ1v) is 22.3. The number of nitrogens with one attached hydrogen (secondary N) is 3. The Morgan fingerprint density at radius 2 is 1.66 bits per heavy atom. The number of carbonyl (C=O) groups is 7. The number of likely N-dealkylation sites (tertiary alicyclic amines) is 1. The number of hydrogen-bond acceptors (Lipinski definition) is 14. The number of aliphatic hydroxyl groups excluding tert-OH is 3. The quantitative estimate of drug-likeness (QED) is 0.0225. The molecule has 2 saturated heterocycles. The van der Waals surface area contributed by atoms with E-state index in [-0.39, 0.29) is 49.3 Å². The first-order chi connectivity index (χ1) is 32.6. The molecule has 21 heteroatoms. The number of hydrogen-bond donors (Lipinski definition) is 9. The highest BCUT2D eigenvalue weighted by molar-refractivity contribution is 6.15. The van der Waals surface area contributed by atoms with Crippen molar-refractivity contribution in [1.82, 2.24) is 20.4 Å². The summed E-state index contributed by atoms with van der Waals surface area (Å²) in [4.78, 5) is 90.1. The van der Waals surface area contributed by atoms with Crippen molar-refractivity contribution in [1.29, 1.82) is 0 Å². The van der Waals surface area contributed by atoms with Gasteiger partial charge in [-0.25, -0.2) is 9.36 Å². The van der Waals surface area contributed by atoms with Gasteiger partial charge in [0.2, 0.25) is 24.0 Å². The number of unbranched alkanes of at least 4 members (excludes halogenated alkanes) is 1. The highest BCUT2D eigenvalue weighted by Gasteiger charge is 2.48. The molecule has 6 rings (SSSR count). The maximum absolute atomic E-state index is 13.3. The number of carboxylic acids is 1. The Labute approximate surface area is 391 Å². The zero-order valence-corrected chi connectivity index (χ0v) is 37.1. The van der Waals surface area contributed by atoms with Crippen molar-refractivity contribution in [3.8, 4) is 5.75 Å². The van der Waals surface area contributed by atoms with Gasteiger partial charge >= 0.3 is 5.97 Å². The number of amides is 6. The lowest BCUT2D eigenvalue weighted by Crippen LogP contribution is -2.61. The average molecular weight is 942 g/mol. The van der Waals surface area contributed by atoms with E-state index in [2.05, 4.69) is 16.0 Å². The molecule has 2 fully saturated rings. The highest BCUT2D eigenvalue weighted by atomic mass is 16.7. The van der Waals surface area contributed by atoms with Gasteiger partial charge < -0.3 is 62.2 Å². The van der Waals surface area contributed by atoms with Crippen LogP contribution in [-0.4, -0.2) is 141 Å². The molecule has 3 aliphatic rings. The van der Waals surface area contributed by atoms with E-state index in [1.165, 1.54) is 12.1 Å². The highest BCUT2D eigenvalue weighted by Crippen LogP contribution is 2.31. The van der Waals surface area contributed by atoms with Crippen LogP contribution in [0.25, 0.3) is 6.08 Å². The maximum atomic E-state index is 13.3. The minimum Gasteiger partial charge on any atom is -0.479 e. The molecule has 0 bridgehead atoms. The number of carbonyl (C=O) groups excluding carboxylic acids is 6. The Kier molecular flexibility index (Phi) is 17.5. The first kappa shape index (κ1) is 50.4. The van der Waals surface area contributed by atoms with Crippen LogP contribution in [0.1, 0.15) is 60.0 Å². The number of carboxylic acid groups (broad SMARTS) is 1. The number of ether oxygens (including phenoxy) is 2. The van der Waals surface area contributed by atoms with Gasteiger partial charge in [0.15, 0.2) is 25.0 Å². The summed E-state index contributed by atoms with van der Waals surface area (Å²) in [6.45, 7) is 1.57. The van der Waals surface area contributed by atoms with E-state index < -0.39 is 66.3 Å². The summed E-state index contributed by atoms with van der Waals surface area (Å²) in [6.07, 6.45) is 3.50. The molecule has 3 aliphatic heterocycles. The number of pyridine rings is 1. The molecular formula is C47H57N8O13+. The minimum absolute atomic E-state index is 0.00195. The maximum Gasteiger partial charge on any atom is 0.335 e. The van der Waals surface area contributed by atoms with Crippen LogP contribution >= 0.6 is 0 Å². The SMILES string of the molecule is NC[C@@H](C(=O)NCCC(=O)Nc1cc(C[n+]2cccc(/C=C/C(=O)NCCCCC3CCN(C(=O)c4cccc(N)c4)CC3)c2)ccc1O[C@@H]1O[C@H](C(=O)O)[C@@H](O)[C@H](O)[C@H]1O)N1C(=O)C=CC1=O. The van der Waals surface area contributed by atoms with Gasteiger partial charge in [0.05, 0.1) is 5.69 Å². The Balaban J connectivity index is 1.02. The second-order valence-corrected chi connectivity index (χ2v) is 16.7. The minimum atomic E-state index is -1.97. The van der Waals surface area contributed by atoms with Crippen molar-refractivity contribution in [2.75, 3.05) is 43.8 Å². The van der Waals surface area contributed by atoms with E-state index in [9.17, 15) is 54.0 Å². The van der Waals surface area contributed by atoms with E-state index in [0.717, 1.165) is 44.3 Å². The molecule has 362 valence electrons. The number of nitrogen functional groups attached to an aromatic ring is 1. The smallest absolute Gasteiger partial charge is 0.335 e. The molecule has 11 N–H and O–H groups in total. The van der Waals surface area contributed by atoms with Crippen molar-refractivity contribution >= 4 is 58.9 Å². The average Bonchev–Trinajstić information content (AvgIpc) is 3.65. The Hall–Kier alpha value is -7.04. The molecule has 68 heavy (non-hydrogen) atoms. The van der Waals surface area contributed by atoms with Crippen LogP contribution in [0.5, 0.6) is 5.75 Å². The number of aliphatic carboxylic acids is 1. The van der Waals surface area contributed by atoms with E-state index in [4.69, 9.17) is 20.9 Å². The van der Waals surface area contributed by atoms with E-state index in [1.807, 2.05) is 15.5 Å². The zero-order valence-electron chi connectivity index (χ0n) is 37.1. The van der Waals surface area contributed by atoms with Crippen LogP contribution in [0.4, 0.5) is 11.4 Å². The third-order valence-corrected chi connectivity index (χ3v) is 11.8. The molecule has 4 heterocycles. The summed E-state index contributed by atoms with van der Waals surface area (Å²) in [5.74, 6) is -4.26. The fourth-order valence-electron chi connectivity index (χ4n) is 8.06. The van der Waals surface area contributed by atoms with Crippen LogP contribution in [0.3, 0.4) is 0 Å². The topological polar surface area (TPSA) is 317 Å². The fraction of sp³-hybridized carbons (Fsp3) is 0.404. The van der Waals surface area contributed by atoms with Crippen LogP contribution < -0.4 is 36.7 Å². The second-order valence-electron chi connectivity index (χ2n) is 16.7. The number of nitrogens with zero attached hydrogens (tertiary/aromatic N) is 3. The number of piperidine rings is 1. The number of nitrogens with two attached hydrogens (primary N) is 2. The Morgan fingerprint density at radius 3 is 2.37 bits per heavy atom. The van der Waals surface area contributed by atoms with Gasteiger partial charge in [0.25, 0.3) is 17.7 Å². The summed E-state index contributed by atoms with van der Waals surface area (Å²) in [5, 5.41) is 48.7. The molecule has 0 aliphatic carbocycles. The number of aliphatic hydroxyl groups is 3. The van der Waals surface area contributed by atoms with E-state index >= 15 is 0 Å². The molecule has 0 saturated carbocycles. The van der Waals surface area contributed by atoms with Crippen molar-refractivity contribution in [3.63, 3.8) is 0 Å². The van der Waals surface area contributed by atoms with Crippen LogP contribution in [0.15, 0.2) is 85.2 Å². The normalized spacial score (nSPS) is 21.1. The number of imide groups is 1. The van der Waals surface area contributed by atoms with Gasteiger partial charge in [-0.2, -0.15) is 0 Å². The first-order valence-electron chi connectivity index (χ1n) is 22.3. The molecule has 0 spiro atoms. The van der Waals surface area contributed by atoms with Gasteiger partial charge in [-0.05, 0) is 73.7 Å². The molecule has 2 aromatic carbocycles. The monoisotopic (exact) mass is 941 g/mol. The molecule has 21 nitrogen and oxygen atoms in total. The predicted octanol–water partition coefficient (Wildman–Crippen LogP) is -0.575. The summed E-state index contributed by atoms with van der Waals surface area (Å²) >= 11 is 0. The van der Waals surface area contributed by atoms with Gasteiger partial charge in [-0.3, -0.25) is 33.7 Å². The standard InChI is InChI=1S/C47H56N8O13/c48-25-34(55-38(58)13-14-39(55)59)44(63)51-19-15-37(57)52-33-23-30(9-11-35(33)67-47-42(62)40(60)41(61)43(68-47)46(65)66)27-53-20-4-6-29(26-53)10-12-36(56)50-18-2-1-5-28-16-21-54(22-17-28)45(64)31-7-3-8-32(49)24-31/h3-4,6-14,20,23-24,26,28,34,40-43,47,60-62H,1-2,5,15-19,21-22,25,27,48-49H2,(H3-,50,51,52,56,57,63,65,66)/p+1/b12-10+/t34-,40-,41-,42+,43-,47+/m0/s1. The molecular weight excluding hydrogens is 885 g/mol. The van der Waals surface area contributed by atoms with Gasteiger partial charge in [0, 0.05) is 85.8 Å². The molecule has 0 radical (unpaired) electrons. The van der Waals surface area contributed by atoms with Crippen molar-refractivity contribution < 1.29 is 68.0 Å². The van der Waals surface area contributed by atoms with E-state index in [0.29, 0.717) is 52.8 Å². The lowest BCUT2D eigenvalue weighted by molar-refractivity contribution is -0.688. The molecule has 3 aromatic rings. The largest absolute Gasteiger partial charge is 0.479 e. The molecule has 1 aromatic heterocycles. The predicted molar refractivity (Wildman–Crippen MR) is 243 cm³/mol. The lowest BCUT2D eigenvalue weighted by atomic mass is 9.91. The third kappa shape index (κ3) is 13.3. The number of aromatic nitrogens is 1. The summed E-state index contributed by atoms with van der Waals surface area (Å²) in [5.41, 5.74) is 14.0. The fourth-order valence-corrected chi connectivity index (χ4v) is 8.06. The van der Waals surface area contributed by atoms with Crippen LogP contribution in [-0.2, 0) is 40.0 Å². The van der Waals surface area contributed by atoms with Crippen molar-refractivity contribution in [2.24, 2.45) is 11.7 Å².